The van der Waals surface area contributed by atoms with Crippen molar-refractivity contribution in [2.24, 2.45) is 5.92 Å². The van der Waals surface area contributed by atoms with Crippen LogP contribution in [0.5, 0.6) is 0 Å². The van der Waals surface area contributed by atoms with Gasteiger partial charge < -0.3 is 14.7 Å². The van der Waals surface area contributed by atoms with Gasteiger partial charge in [0.2, 0.25) is 5.91 Å². The summed E-state index contributed by atoms with van der Waals surface area (Å²) in [6, 6.07) is 8.55. The molecule has 0 bridgehead atoms. The number of hydrogen-bond donors (Lipinski definition) is 0. The Morgan fingerprint density at radius 1 is 0.967 bits per heavy atom. The molecule has 166 valence electrons. The van der Waals surface area contributed by atoms with Crippen molar-refractivity contribution in [2.75, 3.05) is 52.9 Å². The molecule has 0 saturated carbocycles. The first kappa shape index (κ1) is 22.8. The minimum atomic E-state index is 0.0656. The molecule has 0 aromatic heterocycles. The monoisotopic (exact) mass is 414 g/mol. The lowest BCUT2D eigenvalue weighted by molar-refractivity contribution is -0.138. The highest BCUT2D eigenvalue weighted by atomic mass is 16.2. The van der Waals surface area contributed by atoms with E-state index < -0.39 is 0 Å². The van der Waals surface area contributed by atoms with E-state index in [2.05, 4.69) is 49.8 Å². The lowest BCUT2D eigenvalue weighted by Gasteiger charge is -2.37. The molecule has 6 nitrogen and oxygen atoms in total. The van der Waals surface area contributed by atoms with Crippen LogP contribution in [0.25, 0.3) is 0 Å². The van der Waals surface area contributed by atoms with Crippen LogP contribution in [0.2, 0.25) is 0 Å². The highest BCUT2D eigenvalue weighted by Crippen LogP contribution is 2.22. The van der Waals surface area contributed by atoms with E-state index in [4.69, 9.17) is 0 Å². The van der Waals surface area contributed by atoms with Crippen LogP contribution < -0.4 is 0 Å². The number of nitrogens with zero attached hydrogens (tertiary/aromatic N) is 4. The van der Waals surface area contributed by atoms with Crippen molar-refractivity contribution < 1.29 is 9.59 Å². The molecule has 0 radical (unpaired) electrons. The first-order valence-electron chi connectivity index (χ1n) is 11.5. The summed E-state index contributed by atoms with van der Waals surface area (Å²) in [5.41, 5.74) is 1.98. The number of piperidine rings is 1. The maximum Gasteiger partial charge on any atom is 0.253 e. The van der Waals surface area contributed by atoms with E-state index in [-0.39, 0.29) is 17.7 Å². The first-order chi connectivity index (χ1) is 14.4. The molecule has 2 saturated heterocycles. The predicted octanol–water partition coefficient (Wildman–Crippen LogP) is 2.54. The summed E-state index contributed by atoms with van der Waals surface area (Å²) in [5, 5.41) is 0. The van der Waals surface area contributed by atoms with Crippen LogP contribution in [0.3, 0.4) is 0 Å². The number of carbonyl (C=O) groups excluding carboxylic acids is 2. The molecule has 0 N–H and O–H groups in total. The molecule has 1 aromatic carbocycles. The molecule has 3 rings (SSSR count). The van der Waals surface area contributed by atoms with Crippen molar-refractivity contribution >= 4 is 11.8 Å². The minimum absolute atomic E-state index is 0.0656. The van der Waals surface area contributed by atoms with Gasteiger partial charge in [-0.05, 0) is 58.0 Å². The van der Waals surface area contributed by atoms with Crippen LogP contribution in [0, 0.1) is 5.92 Å². The Kier molecular flexibility index (Phi) is 7.89. The normalized spacial score (nSPS) is 19.0. The van der Waals surface area contributed by atoms with E-state index in [1.54, 1.807) is 0 Å². The van der Waals surface area contributed by atoms with Gasteiger partial charge in [0.1, 0.15) is 0 Å². The third-order valence-corrected chi connectivity index (χ3v) is 6.67. The van der Waals surface area contributed by atoms with Gasteiger partial charge in [0.15, 0.2) is 0 Å². The second-order valence-corrected chi connectivity index (χ2v) is 9.05. The van der Waals surface area contributed by atoms with Gasteiger partial charge in [0.05, 0.1) is 0 Å². The second-order valence-electron chi connectivity index (χ2n) is 9.05. The largest absolute Gasteiger partial charge is 0.340 e. The molecule has 2 aliphatic heterocycles. The Morgan fingerprint density at radius 2 is 1.57 bits per heavy atom. The predicted molar refractivity (Wildman–Crippen MR) is 120 cm³/mol. The number of amides is 2. The molecule has 0 spiro atoms. The number of hydrogen-bond acceptors (Lipinski definition) is 4. The standard InChI is InChI=1S/C24H38N4O2/c1-5-26(19(2)3)18-20-6-8-21(9-7-20)23(29)27-12-10-22(11-13-27)24(30)28-16-14-25(4)15-17-28/h6-9,19,22H,5,10-18H2,1-4H3. The summed E-state index contributed by atoms with van der Waals surface area (Å²) >= 11 is 0. The van der Waals surface area contributed by atoms with E-state index >= 15 is 0 Å². The van der Waals surface area contributed by atoms with Crippen LogP contribution in [0.1, 0.15) is 49.5 Å². The fraction of sp³-hybridized carbons (Fsp3) is 0.667. The zero-order chi connectivity index (χ0) is 21.7. The quantitative estimate of drug-likeness (QED) is 0.718. The molecular weight excluding hydrogens is 376 g/mol. The summed E-state index contributed by atoms with van der Waals surface area (Å²) in [7, 11) is 2.10. The maximum atomic E-state index is 12.9. The highest BCUT2D eigenvalue weighted by molar-refractivity contribution is 5.94. The molecule has 0 unspecified atom stereocenters. The molecule has 30 heavy (non-hydrogen) atoms. The maximum absolute atomic E-state index is 12.9. The average molecular weight is 415 g/mol. The van der Waals surface area contributed by atoms with Gasteiger partial charge >= 0.3 is 0 Å². The fourth-order valence-electron chi connectivity index (χ4n) is 4.44. The van der Waals surface area contributed by atoms with Crippen molar-refractivity contribution in [1.29, 1.82) is 0 Å². The Morgan fingerprint density at radius 3 is 2.10 bits per heavy atom. The molecule has 6 heteroatoms. The smallest absolute Gasteiger partial charge is 0.253 e. The van der Waals surface area contributed by atoms with Crippen LogP contribution in [0.4, 0.5) is 0 Å². The second kappa shape index (κ2) is 10.4. The average Bonchev–Trinajstić information content (AvgIpc) is 2.77. The third-order valence-electron chi connectivity index (χ3n) is 6.67. The molecule has 1 aromatic rings. The summed E-state index contributed by atoms with van der Waals surface area (Å²) in [5.74, 6) is 0.435. The highest BCUT2D eigenvalue weighted by Gasteiger charge is 2.31. The van der Waals surface area contributed by atoms with Gasteiger partial charge in [-0.25, -0.2) is 0 Å². The summed E-state index contributed by atoms with van der Waals surface area (Å²) in [6.45, 7) is 13.4. The summed E-state index contributed by atoms with van der Waals surface area (Å²) in [4.78, 5) is 34.3. The lowest BCUT2D eigenvalue weighted by Crippen LogP contribution is -2.51. The Balaban J connectivity index is 1.50. The van der Waals surface area contributed by atoms with Gasteiger partial charge in [0.25, 0.3) is 5.91 Å². The Hall–Kier alpha value is -1.92. The van der Waals surface area contributed by atoms with Crippen molar-refractivity contribution in [3.05, 3.63) is 35.4 Å². The topological polar surface area (TPSA) is 47.1 Å². The molecule has 2 amide bonds. The Bertz CT molecular complexity index is 702. The number of likely N-dealkylation sites (tertiary alicyclic amines) is 1. The first-order valence-corrected chi connectivity index (χ1v) is 11.5. The molecule has 0 atom stereocenters. The SMILES string of the molecule is CCN(Cc1ccc(C(=O)N2CCC(C(=O)N3CCN(C)CC3)CC2)cc1)C(C)C. The van der Waals surface area contributed by atoms with E-state index in [1.807, 2.05) is 21.9 Å². The molecule has 0 aliphatic carbocycles. The number of likely N-dealkylation sites (N-methyl/N-ethyl adjacent to an activating group) is 1. The van der Waals surface area contributed by atoms with Gasteiger partial charge in [0, 0.05) is 63.3 Å². The van der Waals surface area contributed by atoms with Crippen molar-refractivity contribution in [1.82, 2.24) is 19.6 Å². The third kappa shape index (κ3) is 5.61. The van der Waals surface area contributed by atoms with Gasteiger partial charge in [-0.1, -0.05) is 19.1 Å². The van der Waals surface area contributed by atoms with Crippen molar-refractivity contribution in [2.45, 2.75) is 46.2 Å². The molecule has 2 heterocycles. The van der Waals surface area contributed by atoms with Crippen LogP contribution in [0.15, 0.2) is 24.3 Å². The van der Waals surface area contributed by atoms with Crippen molar-refractivity contribution in [3.63, 3.8) is 0 Å². The number of carbonyl (C=O) groups is 2. The van der Waals surface area contributed by atoms with E-state index in [9.17, 15) is 9.59 Å². The molecule has 2 fully saturated rings. The summed E-state index contributed by atoms with van der Waals surface area (Å²) < 4.78 is 0. The lowest BCUT2D eigenvalue weighted by atomic mass is 9.94. The van der Waals surface area contributed by atoms with E-state index in [1.165, 1.54) is 5.56 Å². The molecular formula is C24H38N4O2. The zero-order valence-corrected chi connectivity index (χ0v) is 19.1. The number of piperazine rings is 1. The number of benzene rings is 1. The van der Waals surface area contributed by atoms with E-state index in [0.29, 0.717) is 19.1 Å². The van der Waals surface area contributed by atoms with Gasteiger partial charge in [-0.3, -0.25) is 14.5 Å². The Labute approximate surface area is 181 Å². The minimum Gasteiger partial charge on any atom is -0.340 e. The number of rotatable bonds is 6. The van der Waals surface area contributed by atoms with E-state index in [0.717, 1.165) is 57.7 Å². The van der Waals surface area contributed by atoms with Crippen molar-refractivity contribution in [3.8, 4) is 0 Å². The van der Waals surface area contributed by atoms with Crippen LogP contribution in [-0.2, 0) is 11.3 Å². The molecule has 2 aliphatic rings. The zero-order valence-electron chi connectivity index (χ0n) is 19.1. The fourth-order valence-corrected chi connectivity index (χ4v) is 4.44. The van der Waals surface area contributed by atoms with Gasteiger partial charge in [-0.15, -0.1) is 0 Å². The van der Waals surface area contributed by atoms with Crippen LogP contribution >= 0.6 is 0 Å². The van der Waals surface area contributed by atoms with Gasteiger partial charge in [-0.2, -0.15) is 0 Å². The van der Waals surface area contributed by atoms with Crippen LogP contribution in [-0.4, -0.2) is 90.3 Å². The summed E-state index contributed by atoms with van der Waals surface area (Å²) in [6.07, 6.45) is 1.55.